The third kappa shape index (κ3) is 5.67. The highest BCUT2D eigenvalue weighted by atomic mass is 35.5. The van der Waals surface area contributed by atoms with Crippen LogP contribution in [0.15, 0.2) is 41.6 Å². The number of nitrogens with zero attached hydrogens (tertiary/aromatic N) is 2. The number of carbonyl (C=O) groups excluding carboxylic acids is 2. The van der Waals surface area contributed by atoms with Gasteiger partial charge >= 0.3 is 12.4 Å². The molecule has 8 nitrogen and oxygen atoms in total. The maximum Gasteiger partial charge on any atom is 0.435 e. The van der Waals surface area contributed by atoms with Gasteiger partial charge < -0.3 is 9.74 Å². The molecule has 16 heteroatoms. The zero-order valence-corrected chi connectivity index (χ0v) is 22.2. The van der Waals surface area contributed by atoms with Gasteiger partial charge in [-0.25, -0.2) is 8.42 Å². The summed E-state index contributed by atoms with van der Waals surface area (Å²) in [6, 6.07) is 5.41. The summed E-state index contributed by atoms with van der Waals surface area (Å²) < 4.78 is 106. The van der Waals surface area contributed by atoms with Crippen LogP contribution in [-0.4, -0.2) is 61.7 Å². The van der Waals surface area contributed by atoms with Gasteiger partial charge in [0.15, 0.2) is 15.6 Å². The summed E-state index contributed by atoms with van der Waals surface area (Å²) in [6.07, 6.45) is -11.5. The average molecular weight is 612 g/mol. The molecule has 0 bridgehead atoms. The number of hydrogen-bond acceptors (Lipinski definition) is 7. The molecule has 1 fully saturated rings. The fourth-order valence-corrected chi connectivity index (χ4v) is 5.52. The topological polar surface area (TPSA) is 105 Å². The van der Waals surface area contributed by atoms with Crippen LogP contribution in [-0.2, 0) is 31.2 Å². The number of aryl methyl sites for hydroxylation is 1. The normalized spacial score (nSPS) is 21.9. The van der Waals surface area contributed by atoms with Crippen molar-refractivity contribution in [3.05, 3.63) is 69.2 Å². The summed E-state index contributed by atoms with van der Waals surface area (Å²) >= 11 is 5.72. The zero-order valence-electron chi connectivity index (χ0n) is 20.7. The monoisotopic (exact) mass is 611 g/mol. The second-order valence-electron chi connectivity index (χ2n) is 9.45. The first-order valence-corrected chi connectivity index (χ1v) is 13.8. The number of alkyl halides is 6. The molecule has 0 saturated carbocycles. The van der Waals surface area contributed by atoms with E-state index in [1.54, 1.807) is 0 Å². The first kappa shape index (κ1) is 29.8. The predicted molar refractivity (Wildman–Crippen MR) is 130 cm³/mol. The van der Waals surface area contributed by atoms with Crippen LogP contribution in [0.3, 0.4) is 0 Å². The van der Waals surface area contributed by atoms with Crippen LogP contribution >= 0.6 is 11.6 Å². The van der Waals surface area contributed by atoms with E-state index in [1.807, 2.05) is 0 Å². The molecule has 0 radical (unpaired) electrons. The van der Waals surface area contributed by atoms with Crippen LogP contribution in [0, 0.1) is 6.92 Å². The molecule has 2 aromatic carbocycles. The Morgan fingerprint density at radius 3 is 2.42 bits per heavy atom. The van der Waals surface area contributed by atoms with Crippen LogP contribution in [0.4, 0.5) is 26.3 Å². The molecular formula is C24H20ClF6N3O5S. The second kappa shape index (κ2) is 10.0. The Balaban J connectivity index is 1.64. The molecule has 0 spiro atoms. The second-order valence-corrected chi connectivity index (χ2v) is 12.0. The Hall–Kier alpha value is -3.17. The predicted octanol–water partition coefficient (Wildman–Crippen LogP) is 4.19. The van der Waals surface area contributed by atoms with Gasteiger partial charge in [-0.05, 0) is 42.3 Å². The maximum atomic E-state index is 14.3. The SMILES string of the molecule is Cc1cc(C2=NOC(c3cc(Cl)cc(C(F)(F)F)c3)(C(F)(F)F)C2)ccc1C(=O)C1NCC(=O)N1CS(C)(=O)=O. The Bertz CT molecular complexity index is 1530. The van der Waals surface area contributed by atoms with E-state index in [4.69, 9.17) is 16.4 Å². The van der Waals surface area contributed by atoms with Gasteiger partial charge in [0.05, 0.1) is 17.8 Å². The molecule has 2 aliphatic heterocycles. The summed E-state index contributed by atoms with van der Waals surface area (Å²) in [5.74, 6) is -1.94. The van der Waals surface area contributed by atoms with Crippen LogP contribution in [0.25, 0.3) is 0 Å². The molecule has 2 aromatic rings. The summed E-state index contributed by atoms with van der Waals surface area (Å²) in [5.41, 5.74) is -5.36. The van der Waals surface area contributed by atoms with E-state index < -0.39 is 74.1 Å². The third-order valence-electron chi connectivity index (χ3n) is 6.40. The van der Waals surface area contributed by atoms with Crippen molar-refractivity contribution in [2.75, 3.05) is 18.7 Å². The molecule has 2 atom stereocenters. The van der Waals surface area contributed by atoms with Gasteiger partial charge in [0.25, 0.3) is 5.60 Å². The van der Waals surface area contributed by atoms with Crippen molar-refractivity contribution < 1.29 is 49.2 Å². The number of halogens is 7. The number of oxime groups is 1. The van der Waals surface area contributed by atoms with Crippen molar-refractivity contribution in [1.82, 2.24) is 10.2 Å². The van der Waals surface area contributed by atoms with Crippen molar-refractivity contribution in [3.8, 4) is 0 Å². The van der Waals surface area contributed by atoms with Crippen LogP contribution < -0.4 is 5.32 Å². The van der Waals surface area contributed by atoms with E-state index in [2.05, 4.69) is 10.5 Å². The highest BCUT2D eigenvalue weighted by Gasteiger charge is 2.62. The van der Waals surface area contributed by atoms with E-state index in [1.165, 1.54) is 25.1 Å². The van der Waals surface area contributed by atoms with Gasteiger partial charge in [0, 0.05) is 28.8 Å². The number of sulfone groups is 1. The van der Waals surface area contributed by atoms with Crippen molar-refractivity contribution >= 4 is 38.8 Å². The standard InChI is InChI=1S/C24H20ClF6N3O5S/c1-12-5-13(3-4-17(12)20(36)21-32-10-19(35)34(21)11-40(2,37)38)18-9-22(39-33-18,24(29,30)31)14-6-15(23(26,27)28)8-16(25)7-14/h3-8,21,32H,9-11H2,1-2H3. The molecular weight excluding hydrogens is 592 g/mol. The zero-order chi connectivity index (χ0) is 29.8. The molecule has 1 saturated heterocycles. The number of amides is 1. The van der Waals surface area contributed by atoms with Crippen molar-refractivity contribution in [2.45, 2.75) is 37.5 Å². The third-order valence-corrected chi connectivity index (χ3v) is 7.37. The number of rotatable bonds is 6. The van der Waals surface area contributed by atoms with E-state index >= 15 is 0 Å². The summed E-state index contributed by atoms with van der Waals surface area (Å²) in [4.78, 5) is 31.0. The molecule has 2 aliphatic rings. The average Bonchev–Trinajstić information content (AvgIpc) is 3.42. The van der Waals surface area contributed by atoms with Gasteiger partial charge in [-0.1, -0.05) is 28.9 Å². The molecule has 40 heavy (non-hydrogen) atoms. The lowest BCUT2D eigenvalue weighted by molar-refractivity contribution is -0.276. The summed E-state index contributed by atoms with van der Waals surface area (Å²) in [7, 11) is -3.66. The minimum Gasteiger partial charge on any atom is -0.374 e. The number of nitrogens with one attached hydrogen (secondary N) is 1. The smallest absolute Gasteiger partial charge is 0.374 e. The molecule has 4 rings (SSSR count). The number of carbonyl (C=O) groups is 2. The maximum absolute atomic E-state index is 14.3. The molecule has 2 heterocycles. The lowest BCUT2D eigenvalue weighted by Gasteiger charge is -2.30. The molecule has 0 aliphatic carbocycles. The minimum atomic E-state index is -5.19. The quantitative estimate of drug-likeness (QED) is 0.388. The first-order valence-electron chi connectivity index (χ1n) is 11.4. The van der Waals surface area contributed by atoms with E-state index in [0.29, 0.717) is 12.1 Å². The lowest BCUT2D eigenvalue weighted by Crippen LogP contribution is -2.46. The summed E-state index contributed by atoms with van der Waals surface area (Å²) in [6.45, 7) is 1.20. The van der Waals surface area contributed by atoms with E-state index in [-0.39, 0.29) is 28.9 Å². The van der Waals surface area contributed by atoms with Crippen LogP contribution in [0.2, 0.25) is 5.02 Å². The first-order chi connectivity index (χ1) is 18.3. The van der Waals surface area contributed by atoms with Crippen LogP contribution in [0.1, 0.15) is 39.0 Å². The van der Waals surface area contributed by atoms with Crippen molar-refractivity contribution in [2.24, 2.45) is 5.16 Å². The van der Waals surface area contributed by atoms with Gasteiger partial charge in [-0.2, -0.15) is 26.3 Å². The lowest BCUT2D eigenvalue weighted by atomic mass is 9.85. The highest BCUT2D eigenvalue weighted by Crippen LogP contribution is 2.50. The molecule has 1 N–H and O–H groups in total. The van der Waals surface area contributed by atoms with Crippen LogP contribution in [0.5, 0.6) is 0 Å². The van der Waals surface area contributed by atoms with E-state index in [0.717, 1.165) is 17.2 Å². The number of Topliss-reactive ketones (excluding diaryl/α,β-unsaturated/α-hetero) is 1. The number of benzene rings is 2. The molecule has 216 valence electrons. The molecule has 2 unspecified atom stereocenters. The number of hydrogen-bond donors (Lipinski definition) is 1. The Morgan fingerprint density at radius 1 is 1.18 bits per heavy atom. The number of ketones is 1. The van der Waals surface area contributed by atoms with Crippen molar-refractivity contribution in [3.63, 3.8) is 0 Å². The van der Waals surface area contributed by atoms with Gasteiger partial charge in [0.1, 0.15) is 12.0 Å². The molecule has 0 aromatic heterocycles. The fraction of sp³-hybridized carbons (Fsp3) is 0.375. The van der Waals surface area contributed by atoms with Gasteiger partial charge in [-0.15, -0.1) is 0 Å². The Kier molecular flexibility index (Phi) is 7.47. The highest BCUT2D eigenvalue weighted by molar-refractivity contribution is 7.90. The fourth-order valence-electron chi connectivity index (χ4n) is 4.49. The summed E-state index contributed by atoms with van der Waals surface area (Å²) in [5, 5.41) is 5.60. The Morgan fingerprint density at radius 2 is 1.85 bits per heavy atom. The largest absolute Gasteiger partial charge is 0.435 e. The minimum absolute atomic E-state index is 0.0562. The Labute approximate surface area is 228 Å². The van der Waals surface area contributed by atoms with Gasteiger partial charge in [-0.3, -0.25) is 14.9 Å². The van der Waals surface area contributed by atoms with Crippen molar-refractivity contribution in [1.29, 1.82) is 0 Å². The van der Waals surface area contributed by atoms with E-state index in [9.17, 15) is 44.3 Å². The van der Waals surface area contributed by atoms with Gasteiger partial charge in [0.2, 0.25) is 5.91 Å². The molecule has 1 amide bonds.